The van der Waals surface area contributed by atoms with Crippen molar-refractivity contribution in [2.45, 2.75) is 0 Å². The maximum atomic E-state index is 6.25. The summed E-state index contributed by atoms with van der Waals surface area (Å²) in [6, 6.07) is 22.1. The van der Waals surface area contributed by atoms with Gasteiger partial charge in [0.15, 0.2) is 0 Å². The first kappa shape index (κ1) is 14.8. The fourth-order valence-electron chi connectivity index (χ4n) is 1.90. The highest BCUT2D eigenvalue weighted by Crippen LogP contribution is 2.39. The molecule has 0 N–H and O–H groups in total. The van der Waals surface area contributed by atoms with Crippen LogP contribution in [0.1, 0.15) is 0 Å². The van der Waals surface area contributed by atoms with Crippen molar-refractivity contribution in [2.75, 3.05) is 0 Å². The molecule has 4 heteroatoms. The second-order valence-corrected chi connectivity index (χ2v) is 5.36. The molecule has 22 heavy (non-hydrogen) atoms. The van der Waals surface area contributed by atoms with Gasteiger partial charge in [-0.2, -0.15) is 0 Å². The van der Waals surface area contributed by atoms with E-state index in [4.69, 9.17) is 32.7 Å². The summed E-state index contributed by atoms with van der Waals surface area (Å²) in [5.74, 6) is 2.35. The Labute approximate surface area is 138 Å². The standard InChI is InChI=1S/C18H12Cl2O2/c19-15-12-18(22-14-9-5-2-6-10-14)16(20)11-17(15)21-13-7-3-1-4-8-13/h1-12H. The van der Waals surface area contributed by atoms with Gasteiger partial charge in [0, 0.05) is 12.1 Å². The van der Waals surface area contributed by atoms with Crippen LogP contribution in [0.15, 0.2) is 72.8 Å². The molecule has 0 bridgehead atoms. The highest BCUT2D eigenvalue weighted by Gasteiger charge is 2.11. The number of rotatable bonds is 4. The zero-order valence-corrected chi connectivity index (χ0v) is 13.0. The van der Waals surface area contributed by atoms with Gasteiger partial charge in [0.05, 0.1) is 10.0 Å². The Balaban J connectivity index is 1.85. The van der Waals surface area contributed by atoms with Crippen LogP contribution in [0.5, 0.6) is 23.0 Å². The van der Waals surface area contributed by atoms with Crippen LogP contribution in [-0.2, 0) is 0 Å². The Morgan fingerprint density at radius 2 is 0.909 bits per heavy atom. The molecule has 0 saturated carbocycles. The van der Waals surface area contributed by atoms with Crippen LogP contribution in [0.3, 0.4) is 0 Å². The normalized spacial score (nSPS) is 10.3. The quantitative estimate of drug-likeness (QED) is 0.538. The van der Waals surface area contributed by atoms with Crippen molar-refractivity contribution in [3.05, 3.63) is 82.8 Å². The van der Waals surface area contributed by atoms with Gasteiger partial charge in [-0.3, -0.25) is 0 Å². The minimum absolute atomic E-state index is 0.430. The van der Waals surface area contributed by atoms with E-state index in [1.54, 1.807) is 12.1 Å². The van der Waals surface area contributed by atoms with Crippen LogP contribution < -0.4 is 9.47 Å². The summed E-state index contributed by atoms with van der Waals surface area (Å²) in [7, 11) is 0. The highest BCUT2D eigenvalue weighted by atomic mass is 35.5. The van der Waals surface area contributed by atoms with Crippen LogP contribution in [0.25, 0.3) is 0 Å². The molecule has 0 saturated heterocycles. The van der Waals surface area contributed by atoms with Crippen LogP contribution in [-0.4, -0.2) is 0 Å². The first-order valence-corrected chi connectivity index (χ1v) is 7.43. The summed E-state index contributed by atoms with van der Waals surface area (Å²) in [6.07, 6.45) is 0. The van der Waals surface area contributed by atoms with Crippen molar-refractivity contribution in [3.8, 4) is 23.0 Å². The van der Waals surface area contributed by atoms with Crippen molar-refractivity contribution in [2.24, 2.45) is 0 Å². The molecule has 110 valence electrons. The Kier molecular flexibility index (Phi) is 4.52. The average molecular weight is 331 g/mol. The predicted octanol–water partition coefficient (Wildman–Crippen LogP) is 6.58. The summed E-state index contributed by atoms with van der Waals surface area (Å²) < 4.78 is 11.4. The smallest absolute Gasteiger partial charge is 0.147 e. The van der Waals surface area contributed by atoms with Gasteiger partial charge in [0.1, 0.15) is 23.0 Å². The van der Waals surface area contributed by atoms with Crippen LogP contribution >= 0.6 is 23.2 Å². The van der Waals surface area contributed by atoms with Gasteiger partial charge in [0.2, 0.25) is 0 Å². The van der Waals surface area contributed by atoms with E-state index in [9.17, 15) is 0 Å². The van der Waals surface area contributed by atoms with Crippen molar-refractivity contribution in [1.29, 1.82) is 0 Å². The molecule has 0 unspecified atom stereocenters. The predicted molar refractivity (Wildman–Crippen MR) is 89.5 cm³/mol. The molecule has 3 rings (SSSR count). The molecular weight excluding hydrogens is 319 g/mol. The second-order valence-electron chi connectivity index (χ2n) is 4.54. The Bertz CT molecular complexity index is 692. The first-order chi connectivity index (χ1) is 10.7. The van der Waals surface area contributed by atoms with Crippen LogP contribution in [0.2, 0.25) is 10.0 Å². The maximum Gasteiger partial charge on any atom is 0.147 e. The molecule has 0 heterocycles. The van der Waals surface area contributed by atoms with Crippen molar-refractivity contribution in [1.82, 2.24) is 0 Å². The molecule has 0 aliphatic carbocycles. The van der Waals surface area contributed by atoms with E-state index >= 15 is 0 Å². The molecule has 0 amide bonds. The third kappa shape index (κ3) is 3.53. The lowest BCUT2D eigenvalue weighted by Gasteiger charge is -2.12. The minimum Gasteiger partial charge on any atom is -0.456 e. The van der Waals surface area contributed by atoms with E-state index in [2.05, 4.69) is 0 Å². The van der Waals surface area contributed by atoms with Crippen molar-refractivity contribution >= 4 is 23.2 Å². The monoisotopic (exact) mass is 330 g/mol. The fraction of sp³-hybridized carbons (Fsp3) is 0. The topological polar surface area (TPSA) is 18.5 Å². The fourth-order valence-corrected chi connectivity index (χ4v) is 2.28. The molecule has 0 radical (unpaired) electrons. The Morgan fingerprint density at radius 1 is 0.545 bits per heavy atom. The molecule has 0 spiro atoms. The van der Waals surface area contributed by atoms with Crippen molar-refractivity contribution < 1.29 is 9.47 Å². The van der Waals surface area contributed by atoms with Gasteiger partial charge in [-0.15, -0.1) is 0 Å². The third-order valence-electron chi connectivity index (χ3n) is 2.93. The summed E-state index contributed by atoms with van der Waals surface area (Å²) in [5.41, 5.74) is 0. The molecular formula is C18H12Cl2O2. The lowest BCUT2D eigenvalue weighted by Crippen LogP contribution is -1.89. The average Bonchev–Trinajstić information content (AvgIpc) is 2.54. The van der Waals surface area contributed by atoms with E-state index in [1.807, 2.05) is 60.7 Å². The summed E-state index contributed by atoms with van der Waals surface area (Å²) >= 11 is 12.5. The lowest BCUT2D eigenvalue weighted by atomic mass is 10.3. The largest absolute Gasteiger partial charge is 0.456 e. The van der Waals surface area contributed by atoms with E-state index in [1.165, 1.54) is 0 Å². The van der Waals surface area contributed by atoms with E-state index < -0.39 is 0 Å². The number of para-hydroxylation sites is 2. The zero-order valence-electron chi connectivity index (χ0n) is 11.5. The summed E-state index contributed by atoms with van der Waals surface area (Å²) in [5, 5.41) is 0.860. The first-order valence-electron chi connectivity index (χ1n) is 6.67. The van der Waals surface area contributed by atoms with Gasteiger partial charge < -0.3 is 9.47 Å². The summed E-state index contributed by atoms with van der Waals surface area (Å²) in [6.45, 7) is 0. The molecule has 0 fully saturated rings. The molecule has 0 aliphatic heterocycles. The minimum atomic E-state index is 0.430. The molecule has 0 aliphatic rings. The zero-order chi connectivity index (χ0) is 15.4. The second kappa shape index (κ2) is 6.73. The number of ether oxygens (including phenoxy) is 2. The van der Waals surface area contributed by atoms with Gasteiger partial charge in [-0.25, -0.2) is 0 Å². The lowest BCUT2D eigenvalue weighted by molar-refractivity contribution is 0.470. The third-order valence-corrected chi connectivity index (χ3v) is 3.52. The molecule has 3 aromatic carbocycles. The molecule has 3 aromatic rings. The maximum absolute atomic E-state index is 6.25. The molecule has 0 aromatic heterocycles. The van der Waals surface area contributed by atoms with Crippen LogP contribution in [0.4, 0.5) is 0 Å². The SMILES string of the molecule is Clc1cc(Oc2ccccc2)c(Cl)cc1Oc1ccccc1. The number of halogens is 2. The van der Waals surface area contributed by atoms with E-state index in [0.29, 0.717) is 33.0 Å². The number of hydrogen-bond acceptors (Lipinski definition) is 2. The van der Waals surface area contributed by atoms with Gasteiger partial charge >= 0.3 is 0 Å². The molecule has 0 atom stereocenters. The van der Waals surface area contributed by atoms with E-state index in [0.717, 1.165) is 0 Å². The molecule has 2 nitrogen and oxygen atoms in total. The van der Waals surface area contributed by atoms with Gasteiger partial charge in [-0.05, 0) is 24.3 Å². The van der Waals surface area contributed by atoms with Crippen molar-refractivity contribution in [3.63, 3.8) is 0 Å². The van der Waals surface area contributed by atoms with E-state index in [-0.39, 0.29) is 0 Å². The van der Waals surface area contributed by atoms with Gasteiger partial charge in [0.25, 0.3) is 0 Å². The Hall–Kier alpha value is -2.16. The van der Waals surface area contributed by atoms with Gasteiger partial charge in [-0.1, -0.05) is 59.6 Å². The number of hydrogen-bond donors (Lipinski definition) is 0. The Morgan fingerprint density at radius 3 is 1.27 bits per heavy atom. The number of benzene rings is 3. The highest BCUT2D eigenvalue weighted by molar-refractivity contribution is 6.35. The van der Waals surface area contributed by atoms with Crippen LogP contribution in [0, 0.1) is 0 Å². The summed E-state index contributed by atoms with van der Waals surface area (Å²) in [4.78, 5) is 0.